The van der Waals surface area contributed by atoms with Gasteiger partial charge in [0.05, 0.1) is 0 Å². The van der Waals surface area contributed by atoms with Crippen LogP contribution in [0.1, 0.15) is 39.2 Å². The number of hydrogen-bond acceptors (Lipinski definition) is 2. The average Bonchev–Trinajstić information content (AvgIpc) is 2.40. The molecule has 0 bridgehead atoms. The number of benzene rings is 1. The smallest absolute Gasteiger partial charge is 0.128 e. The summed E-state index contributed by atoms with van der Waals surface area (Å²) in [7, 11) is 0. The van der Waals surface area contributed by atoms with E-state index in [2.05, 4.69) is 46.9 Å². The zero-order chi connectivity index (χ0) is 15.5. The van der Waals surface area contributed by atoms with Crippen molar-refractivity contribution < 1.29 is 4.39 Å². The van der Waals surface area contributed by atoms with Crippen LogP contribution < -0.4 is 5.32 Å². The van der Waals surface area contributed by atoms with Crippen LogP contribution in [0.15, 0.2) is 22.7 Å². The van der Waals surface area contributed by atoms with E-state index in [0.717, 1.165) is 42.1 Å². The van der Waals surface area contributed by atoms with Crippen molar-refractivity contribution in [3.63, 3.8) is 0 Å². The number of likely N-dealkylation sites (tertiary alicyclic amines) is 1. The summed E-state index contributed by atoms with van der Waals surface area (Å²) in [5.74, 6) is 0.635. The van der Waals surface area contributed by atoms with Crippen molar-refractivity contribution >= 4 is 15.9 Å². The lowest BCUT2D eigenvalue weighted by molar-refractivity contribution is 0.168. The Kier molecular flexibility index (Phi) is 5.81. The van der Waals surface area contributed by atoms with Gasteiger partial charge < -0.3 is 5.32 Å². The number of nitrogens with one attached hydrogen (secondary N) is 1. The molecule has 0 aliphatic carbocycles. The first-order chi connectivity index (χ1) is 9.83. The molecule has 1 heterocycles. The highest BCUT2D eigenvalue weighted by atomic mass is 79.9. The van der Waals surface area contributed by atoms with Gasteiger partial charge in [0, 0.05) is 22.1 Å². The van der Waals surface area contributed by atoms with E-state index in [1.54, 1.807) is 6.07 Å². The number of rotatable bonds is 4. The Labute approximate surface area is 136 Å². The summed E-state index contributed by atoms with van der Waals surface area (Å²) in [6.45, 7) is 10.6. The van der Waals surface area contributed by atoms with Gasteiger partial charge in [-0.2, -0.15) is 0 Å². The van der Waals surface area contributed by atoms with Gasteiger partial charge in [0.25, 0.3) is 0 Å². The highest BCUT2D eigenvalue weighted by Crippen LogP contribution is 2.21. The molecule has 0 unspecified atom stereocenters. The molecule has 4 heteroatoms. The molecule has 0 amide bonds. The Bertz CT molecular complexity index is 462. The molecule has 2 rings (SSSR count). The third kappa shape index (κ3) is 5.68. The van der Waals surface area contributed by atoms with Crippen molar-refractivity contribution in [1.29, 1.82) is 0 Å². The minimum Gasteiger partial charge on any atom is -0.312 e. The van der Waals surface area contributed by atoms with Crippen LogP contribution in [0.4, 0.5) is 4.39 Å². The maximum Gasteiger partial charge on any atom is 0.128 e. The fourth-order valence-electron chi connectivity index (χ4n) is 2.69. The summed E-state index contributed by atoms with van der Waals surface area (Å²) < 4.78 is 14.7. The molecule has 0 aromatic heterocycles. The van der Waals surface area contributed by atoms with E-state index in [0.29, 0.717) is 0 Å². The van der Waals surface area contributed by atoms with E-state index < -0.39 is 0 Å². The van der Waals surface area contributed by atoms with Gasteiger partial charge in [0.1, 0.15) is 5.82 Å². The van der Waals surface area contributed by atoms with Crippen molar-refractivity contribution in [3.8, 4) is 0 Å². The van der Waals surface area contributed by atoms with E-state index in [1.807, 2.05) is 12.1 Å². The van der Waals surface area contributed by atoms with Crippen LogP contribution in [0.25, 0.3) is 0 Å². The molecule has 1 aromatic carbocycles. The van der Waals surface area contributed by atoms with Gasteiger partial charge in [-0.15, -0.1) is 0 Å². The van der Waals surface area contributed by atoms with Crippen molar-refractivity contribution in [2.75, 3.05) is 19.6 Å². The Hall–Kier alpha value is -0.450. The number of hydrogen-bond donors (Lipinski definition) is 1. The van der Waals surface area contributed by atoms with Crippen molar-refractivity contribution in [3.05, 3.63) is 34.1 Å². The predicted octanol–water partition coefficient (Wildman–Crippen LogP) is 4.19. The Morgan fingerprint density at radius 3 is 2.52 bits per heavy atom. The molecule has 1 aliphatic rings. The number of nitrogens with zero attached hydrogens (tertiary/aromatic N) is 1. The first kappa shape index (κ1) is 16.9. The maximum absolute atomic E-state index is 13.9. The van der Waals surface area contributed by atoms with Crippen molar-refractivity contribution in [1.82, 2.24) is 10.2 Å². The van der Waals surface area contributed by atoms with Crippen LogP contribution in [0.3, 0.4) is 0 Å². The summed E-state index contributed by atoms with van der Waals surface area (Å²) >= 11 is 3.30. The first-order valence-electron chi connectivity index (χ1n) is 7.75. The van der Waals surface area contributed by atoms with Crippen molar-refractivity contribution in [2.24, 2.45) is 5.92 Å². The average molecular weight is 357 g/mol. The van der Waals surface area contributed by atoms with E-state index >= 15 is 0 Å². The predicted molar refractivity (Wildman–Crippen MR) is 89.9 cm³/mol. The summed E-state index contributed by atoms with van der Waals surface area (Å²) in [5, 5.41) is 3.59. The van der Waals surface area contributed by atoms with Gasteiger partial charge in [0.2, 0.25) is 0 Å². The van der Waals surface area contributed by atoms with Crippen LogP contribution in [-0.2, 0) is 6.54 Å². The molecular weight excluding hydrogens is 331 g/mol. The minimum absolute atomic E-state index is 0.110. The van der Waals surface area contributed by atoms with Crippen LogP contribution in [-0.4, -0.2) is 30.1 Å². The van der Waals surface area contributed by atoms with Gasteiger partial charge in [-0.05, 0) is 71.3 Å². The number of piperidine rings is 1. The first-order valence-corrected chi connectivity index (χ1v) is 8.54. The fraction of sp³-hybridized carbons (Fsp3) is 0.647. The molecule has 1 saturated heterocycles. The second kappa shape index (κ2) is 7.21. The molecule has 0 saturated carbocycles. The van der Waals surface area contributed by atoms with E-state index in [-0.39, 0.29) is 11.4 Å². The monoisotopic (exact) mass is 356 g/mol. The third-order valence-corrected chi connectivity index (χ3v) is 4.53. The SMILES string of the molecule is CC(C)(C)NCC1CCN(Cc2ccc(Br)cc2F)CC1. The lowest BCUT2D eigenvalue weighted by Gasteiger charge is -2.33. The molecule has 0 spiro atoms. The van der Waals surface area contributed by atoms with Gasteiger partial charge in [-0.3, -0.25) is 4.90 Å². The second-order valence-corrected chi connectivity index (χ2v) is 8.00. The molecule has 1 N–H and O–H groups in total. The highest BCUT2D eigenvalue weighted by molar-refractivity contribution is 9.10. The van der Waals surface area contributed by atoms with Gasteiger partial charge in [-0.25, -0.2) is 4.39 Å². The number of halogens is 2. The lowest BCUT2D eigenvalue weighted by atomic mass is 9.95. The molecule has 1 fully saturated rings. The zero-order valence-electron chi connectivity index (χ0n) is 13.3. The highest BCUT2D eigenvalue weighted by Gasteiger charge is 2.21. The molecule has 1 aliphatic heterocycles. The molecule has 21 heavy (non-hydrogen) atoms. The molecule has 1 aromatic rings. The van der Waals surface area contributed by atoms with Crippen LogP contribution >= 0.6 is 15.9 Å². The van der Waals surface area contributed by atoms with E-state index in [9.17, 15) is 4.39 Å². The summed E-state index contributed by atoms with van der Waals surface area (Å²) in [6, 6.07) is 5.35. The maximum atomic E-state index is 13.9. The third-order valence-electron chi connectivity index (χ3n) is 4.04. The Balaban J connectivity index is 1.79. The minimum atomic E-state index is -0.110. The standard InChI is InChI=1S/C17H26BrFN2/c1-17(2,3)20-11-13-6-8-21(9-7-13)12-14-4-5-15(18)10-16(14)19/h4-5,10,13,20H,6-9,11-12H2,1-3H3. The molecule has 0 radical (unpaired) electrons. The molecule has 0 atom stereocenters. The van der Waals surface area contributed by atoms with Gasteiger partial charge in [0.15, 0.2) is 0 Å². The van der Waals surface area contributed by atoms with Crippen LogP contribution in [0.5, 0.6) is 0 Å². The Morgan fingerprint density at radius 1 is 1.29 bits per heavy atom. The molecular formula is C17H26BrFN2. The van der Waals surface area contributed by atoms with Crippen LogP contribution in [0.2, 0.25) is 0 Å². The van der Waals surface area contributed by atoms with E-state index in [4.69, 9.17) is 0 Å². The summed E-state index contributed by atoms with van der Waals surface area (Å²) in [6.07, 6.45) is 2.39. The zero-order valence-corrected chi connectivity index (χ0v) is 14.8. The van der Waals surface area contributed by atoms with Crippen LogP contribution in [0, 0.1) is 11.7 Å². The summed E-state index contributed by atoms with van der Waals surface area (Å²) in [5.41, 5.74) is 0.988. The fourth-order valence-corrected chi connectivity index (χ4v) is 3.02. The van der Waals surface area contributed by atoms with Gasteiger partial charge >= 0.3 is 0 Å². The largest absolute Gasteiger partial charge is 0.312 e. The topological polar surface area (TPSA) is 15.3 Å². The second-order valence-electron chi connectivity index (χ2n) is 7.09. The molecule has 2 nitrogen and oxygen atoms in total. The van der Waals surface area contributed by atoms with Gasteiger partial charge in [-0.1, -0.05) is 22.0 Å². The summed E-state index contributed by atoms with van der Waals surface area (Å²) in [4.78, 5) is 2.36. The van der Waals surface area contributed by atoms with E-state index in [1.165, 1.54) is 12.8 Å². The molecule has 118 valence electrons. The normalized spacial score (nSPS) is 18.1. The Morgan fingerprint density at radius 2 is 1.95 bits per heavy atom. The lowest BCUT2D eigenvalue weighted by Crippen LogP contribution is -2.42. The quantitative estimate of drug-likeness (QED) is 0.869. The van der Waals surface area contributed by atoms with Crippen molar-refractivity contribution in [2.45, 2.75) is 45.7 Å².